The van der Waals surface area contributed by atoms with Gasteiger partial charge in [0.05, 0.1) is 34.0 Å². The Morgan fingerprint density at radius 3 is 1.97 bits per heavy atom. The lowest BCUT2D eigenvalue weighted by Crippen LogP contribution is -2.47. The van der Waals surface area contributed by atoms with Crippen LogP contribution < -0.4 is 14.2 Å². The molecule has 162 valence electrons. The van der Waals surface area contributed by atoms with Crippen molar-refractivity contribution in [3.8, 4) is 17.5 Å². The lowest BCUT2D eigenvalue weighted by atomic mass is 9.80. The molecular weight excluding hydrogens is 400 g/mol. The number of rotatable bonds is 9. The number of aliphatic hydroxyl groups excluding tert-OH is 1. The zero-order valence-corrected chi connectivity index (χ0v) is 17.5. The van der Waals surface area contributed by atoms with Gasteiger partial charge in [-0.15, -0.1) is 0 Å². The zero-order valence-electron chi connectivity index (χ0n) is 17.5. The van der Waals surface area contributed by atoms with Crippen LogP contribution in [0.4, 0.5) is 0 Å². The molecule has 0 spiro atoms. The Labute approximate surface area is 180 Å². The Morgan fingerprint density at radius 2 is 1.48 bits per heavy atom. The number of para-hydroxylation sites is 1. The fourth-order valence-corrected chi connectivity index (χ4v) is 3.30. The van der Waals surface area contributed by atoms with Crippen molar-refractivity contribution in [3.05, 3.63) is 78.1 Å². The molecule has 0 radical (unpaired) electrons. The number of benzene rings is 2. The van der Waals surface area contributed by atoms with Crippen LogP contribution in [0.15, 0.2) is 66.7 Å². The lowest BCUT2D eigenvalue weighted by Gasteiger charge is -2.37. The summed E-state index contributed by atoms with van der Waals surface area (Å²) in [5, 5.41) is 10.7. The highest BCUT2D eigenvalue weighted by Crippen LogP contribution is 2.41. The molecule has 0 fully saturated rings. The second kappa shape index (κ2) is 9.90. The molecule has 1 aromatic heterocycles. The van der Waals surface area contributed by atoms with Crippen molar-refractivity contribution in [2.45, 2.75) is 11.5 Å². The van der Waals surface area contributed by atoms with E-state index in [1.165, 1.54) is 27.4 Å². The van der Waals surface area contributed by atoms with Crippen LogP contribution in [0.2, 0.25) is 0 Å². The first-order valence-electron chi connectivity index (χ1n) is 9.53. The van der Waals surface area contributed by atoms with Crippen molar-refractivity contribution in [2.24, 2.45) is 0 Å². The molecule has 3 rings (SSSR count). The van der Waals surface area contributed by atoms with Gasteiger partial charge in [0.2, 0.25) is 11.8 Å². The predicted octanol–water partition coefficient (Wildman–Crippen LogP) is 2.72. The molecule has 2 unspecified atom stereocenters. The summed E-state index contributed by atoms with van der Waals surface area (Å²) < 4.78 is 21.9. The maximum atomic E-state index is 13.1. The molecule has 3 aromatic rings. The van der Waals surface area contributed by atoms with Crippen molar-refractivity contribution in [1.29, 1.82) is 0 Å². The van der Waals surface area contributed by atoms with E-state index in [0.717, 1.165) is 0 Å². The monoisotopic (exact) mass is 424 g/mol. The van der Waals surface area contributed by atoms with Gasteiger partial charge in [-0.2, -0.15) is 9.97 Å². The van der Waals surface area contributed by atoms with Crippen LogP contribution >= 0.6 is 0 Å². The van der Waals surface area contributed by atoms with E-state index in [1.54, 1.807) is 48.5 Å². The maximum Gasteiger partial charge on any atom is 0.321 e. The largest absolute Gasteiger partial charge is 0.481 e. The zero-order chi connectivity index (χ0) is 22.3. The van der Waals surface area contributed by atoms with Gasteiger partial charge in [0.25, 0.3) is 0 Å². The van der Waals surface area contributed by atoms with Gasteiger partial charge >= 0.3 is 5.97 Å². The first-order valence-corrected chi connectivity index (χ1v) is 9.53. The molecule has 2 atom stereocenters. The highest BCUT2D eigenvalue weighted by atomic mass is 16.5. The molecule has 8 nitrogen and oxygen atoms in total. The number of carbonyl (C=O) groups excluding carboxylic acids is 1. The molecule has 0 aliphatic heterocycles. The molecule has 1 heterocycles. The normalized spacial score (nSPS) is 13.5. The van der Waals surface area contributed by atoms with Crippen molar-refractivity contribution in [3.63, 3.8) is 0 Å². The molecule has 0 saturated heterocycles. The first kappa shape index (κ1) is 22.0. The Balaban J connectivity index is 2.27. The van der Waals surface area contributed by atoms with Crippen LogP contribution in [0.3, 0.4) is 0 Å². The van der Waals surface area contributed by atoms with Gasteiger partial charge in [-0.05, 0) is 17.7 Å². The van der Waals surface area contributed by atoms with Gasteiger partial charge in [0.1, 0.15) is 5.75 Å². The van der Waals surface area contributed by atoms with E-state index < -0.39 is 24.1 Å². The number of hydrogen-bond acceptors (Lipinski definition) is 8. The van der Waals surface area contributed by atoms with E-state index >= 15 is 0 Å². The van der Waals surface area contributed by atoms with E-state index in [0.29, 0.717) is 11.3 Å². The Kier molecular flexibility index (Phi) is 7.04. The second-order valence-corrected chi connectivity index (χ2v) is 6.60. The molecule has 0 aliphatic rings. The number of esters is 1. The molecule has 0 bridgehead atoms. The van der Waals surface area contributed by atoms with Gasteiger partial charge in [-0.25, -0.2) is 0 Å². The van der Waals surface area contributed by atoms with Crippen LogP contribution in [0.25, 0.3) is 0 Å². The van der Waals surface area contributed by atoms with Gasteiger partial charge < -0.3 is 24.1 Å². The average Bonchev–Trinajstić information content (AvgIpc) is 2.84. The summed E-state index contributed by atoms with van der Waals surface area (Å²) in [6.07, 6.45) is 0. The van der Waals surface area contributed by atoms with Gasteiger partial charge in [0.15, 0.2) is 17.3 Å². The number of aliphatic hydroxyl groups is 1. The van der Waals surface area contributed by atoms with Crippen molar-refractivity contribution >= 4 is 5.97 Å². The fourth-order valence-electron chi connectivity index (χ4n) is 3.30. The van der Waals surface area contributed by atoms with Crippen LogP contribution in [0.1, 0.15) is 17.3 Å². The Morgan fingerprint density at radius 1 is 0.935 bits per heavy atom. The van der Waals surface area contributed by atoms with Crippen LogP contribution in [-0.2, 0) is 15.1 Å². The number of hydrogen-bond donors (Lipinski definition) is 1. The smallest absolute Gasteiger partial charge is 0.321 e. The highest BCUT2D eigenvalue weighted by molar-refractivity contribution is 5.79. The predicted molar refractivity (Wildman–Crippen MR) is 112 cm³/mol. The molecule has 1 N–H and O–H groups in total. The van der Waals surface area contributed by atoms with Gasteiger partial charge in [-0.1, -0.05) is 48.5 Å². The fraction of sp³-hybridized carbons (Fsp3) is 0.261. The molecule has 0 amide bonds. The van der Waals surface area contributed by atoms with Crippen molar-refractivity contribution < 1.29 is 28.8 Å². The molecule has 0 saturated carbocycles. The third-order valence-electron chi connectivity index (χ3n) is 4.82. The SMILES string of the molecule is COC(=O)C(c1nc(OC)cc(OC)n1)C(CO)(Oc1ccccc1)c1ccccc1. The van der Waals surface area contributed by atoms with E-state index in [-0.39, 0.29) is 17.6 Å². The minimum absolute atomic E-state index is 0.0249. The third kappa shape index (κ3) is 4.59. The summed E-state index contributed by atoms with van der Waals surface area (Å²) in [6, 6.07) is 19.3. The summed E-state index contributed by atoms with van der Waals surface area (Å²) in [6.45, 7) is -0.561. The summed E-state index contributed by atoms with van der Waals surface area (Å²) >= 11 is 0. The van der Waals surface area contributed by atoms with E-state index in [9.17, 15) is 9.90 Å². The number of nitrogens with zero attached hydrogens (tertiary/aromatic N) is 2. The molecule has 0 aliphatic carbocycles. The quantitative estimate of drug-likeness (QED) is 0.524. The molecule has 2 aromatic carbocycles. The van der Waals surface area contributed by atoms with E-state index in [1.807, 2.05) is 12.1 Å². The number of ether oxygens (including phenoxy) is 4. The molecule has 8 heteroatoms. The van der Waals surface area contributed by atoms with E-state index in [2.05, 4.69) is 9.97 Å². The Hall–Kier alpha value is -3.65. The molecular formula is C23H24N2O6. The topological polar surface area (TPSA) is 100 Å². The number of methoxy groups -OCH3 is 3. The second-order valence-electron chi connectivity index (χ2n) is 6.60. The highest BCUT2D eigenvalue weighted by Gasteiger charge is 2.50. The first-order chi connectivity index (χ1) is 15.1. The molecule has 31 heavy (non-hydrogen) atoms. The number of aromatic nitrogens is 2. The van der Waals surface area contributed by atoms with Crippen molar-refractivity contribution in [2.75, 3.05) is 27.9 Å². The van der Waals surface area contributed by atoms with Crippen LogP contribution in [0.5, 0.6) is 17.5 Å². The lowest BCUT2D eigenvalue weighted by molar-refractivity contribution is -0.151. The Bertz CT molecular complexity index is 977. The van der Waals surface area contributed by atoms with E-state index in [4.69, 9.17) is 18.9 Å². The van der Waals surface area contributed by atoms with Crippen LogP contribution in [0, 0.1) is 0 Å². The summed E-state index contributed by atoms with van der Waals surface area (Å²) in [5.74, 6) is -1.08. The van der Waals surface area contributed by atoms with Gasteiger partial charge in [-0.3, -0.25) is 4.79 Å². The summed E-state index contributed by atoms with van der Waals surface area (Å²) in [7, 11) is 4.13. The summed E-state index contributed by atoms with van der Waals surface area (Å²) in [4.78, 5) is 21.8. The van der Waals surface area contributed by atoms with Crippen LogP contribution in [-0.4, -0.2) is 49.0 Å². The minimum Gasteiger partial charge on any atom is -0.481 e. The number of carbonyl (C=O) groups is 1. The van der Waals surface area contributed by atoms with Gasteiger partial charge in [0, 0.05) is 0 Å². The maximum absolute atomic E-state index is 13.1. The minimum atomic E-state index is -1.59. The standard InChI is InChI=1S/C23H24N2O6/c1-28-18-14-19(29-2)25-21(24-18)20(22(27)30-3)23(15-26,16-10-6-4-7-11-16)31-17-12-8-5-9-13-17/h4-14,20,26H,15H2,1-3H3. The van der Waals surface area contributed by atoms with Crippen molar-refractivity contribution in [1.82, 2.24) is 9.97 Å². The summed E-state index contributed by atoms with van der Waals surface area (Å²) in [5.41, 5.74) is -1.05. The third-order valence-corrected chi connectivity index (χ3v) is 4.82. The average molecular weight is 424 g/mol.